The van der Waals surface area contributed by atoms with Crippen molar-refractivity contribution in [2.24, 2.45) is 5.92 Å². The molecule has 5 heteroatoms. The van der Waals surface area contributed by atoms with E-state index >= 15 is 0 Å². The Balaban J connectivity index is 1.75. The summed E-state index contributed by atoms with van der Waals surface area (Å²) in [6.07, 6.45) is 0.748. The van der Waals surface area contributed by atoms with E-state index in [1.807, 2.05) is 31.2 Å². The molecule has 0 aliphatic carbocycles. The third kappa shape index (κ3) is 3.06. The number of rotatable bonds is 4. The van der Waals surface area contributed by atoms with Gasteiger partial charge in [-0.15, -0.1) is 0 Å². The van der Waals surface area contributed by atoms with Gasteiger partial charge in [0.15, 0.2) is 6.29 Å². The largest absolute Gasteiger partial charge is 0.425 e. The zero-order chi connectivity index (χ0) is 17.1. The van der Waals surface area contributed by atoms with Crippen LogP contribution >= 0.6 is 0 Å². The van der Waals surface area contributed by atoms with Gasteiger partial charge in [-0.2, -0.15) is 0 Å². The summed E-state index contributed by atoms with van der Waals surface area (Å²) in [5.74, 6) is -0.917. The zero-order valence-electron chi connectivity index (χ0n) is 13.3. The van der Waals surface area contributed by atoms with Crippen LogP contribution < -0.4 is 9.64 Å². The van der Waals surface area contributed by atoms with Crippen LogP contribution in [0.4, 0.5) is 5.69 Å². The van der Waals surface area contributed by atoms with Crippen molar-refractivity contribution in [3.05, 3.63) is 59.7 Å². The molecule has 2 aromatic rings. The number of hydrogen-bond donors (Lipinski definition) is 0. The first-order chi connectivity index (χ1) is 11.6. The van der Waals surface area contributed by atoms with E-state index in [1.54, 1.807) is 29.2 Å². The fourth-order valence-electron chi connectivity index (χ4n) is 2.83. The van der Waals surface area contributed by atoms with Crippen LogP contribution in [-0.2, 0) is 9.59 Å². The van der Waals surface area contributed by atoms with Crippen LogP contribution in [0.1, 0.15) is 22.3 Å². The molecular weight excluding hydrogens is 306 g/mol. The Morgan fingerprint density at radius 2 is 1.88 bits per heavy atom. The van der Waals surface area contributed by atoms with Crippen LogP contribution in [0.15, 0.2) is 48.5 Å². The predicted molar refractivity (Wildman–Crippen MR) is 89.1 cm³/mol. The van der Waals surface area contributed by atoms with Gasteiger partial charge in [-0.25, -0.2) is 0 Å². The molecule has 0 unspecified atom stereocenters. The third-order valence-corrected chi connectivity index (χ3v) is 4.12. The first-order valence-corrected chi connectivity index (χ1v) is 7.72. The summed E-state index contributed by atoms with van der Waals surface area (Å²) >= 11 is 0. The van der Waals surface area contributed by atoms with E-state index in [0.29, 0.717) is 11.8 Å². The quantitative estimate of drug-likeness (QED) is 0.493. The summed E-state index contributed by atoms with van der Waals surface area (Å²) in [5.41, 5.74) is 2.10. The molecule has 3 rings (SSSR count). The lowest BCUT2D eigenvalue weighted by molar-refractivity contribution is -0.139. The minimum absolute atomic E-state index is 0.102. The lowest BCUT2D eigenvalue weighted by Crippen LogP contribution is -2.27. The number of aldehydes is 1. The van der Waals surface area contributed by atoms with Crippen LogP contribution in [0.25, 0.3) is 0 Å². The highest BCUT2D eigenvalue weighted by molar-refractivity contribution is 6.00. The van der Waals surface area contributed by atoms with Gasteiger partial charge < -0.3 is 9.64 Å². The van der Waals surface area contributed by atoms with Crippen molar-refractivity contribution < 1.29 is 19.1 Å². The standard InChI is InChI=1S/C19H17NO4/c1-13-6-2-4-8-16(13)20-11-15(10-18(20)22)19(23)24-17-9-5-3-7-14(17)12-21/h2-9,12,15H,10-11H2,1H3/t15-/m0/s1. The molecule has 1 fully saturated rings. The van der Waals surface area contributed by atoms with Gasteiger partial charge in [0.1, 0.15) is 5.75 Å². The van der Waals surface area contributed by atoms with E-state index in [0.717, 1.165) is 11.3 Å². The number of anilines is 1. The number of hydrogen-bond acceptors (Lipinski definition) is 4. The van der Waals surface area contributed by atoms with Gasteiger partial charge in [0, 0.05) is 18.7 Å². The van der Waals surface area contributed by atoms with Crippen LogP contribution in [-0.4, -0.2) is 24.7 Å². The van der Waals surface area contributed by atoms with Crippen molar-refractivity contribution in [3.63, 3.8) is 0 Å². The predicted octanol–water partition coefficient (Wildman–Crippen LogP) is 2.77. The minimum Gasteiger partial charge on any atom is -0.425 e. The zero-order valence-corrected chi connectivity index (χ0v) is 13.3. The molecule has 1 aliphatic heterocycles. The van der Waals surface area contributed by atoms with E-state index in [4.69, 9.17) is 4.74 Å². The molecule has 122 valence electrons. The van der Waals surface area contributed by atoms with Gasteiger partial charge >= 0.3 is 5.97 Å². The highest BCUT2D eigenvalue weighted by Crippen LogP contribution is 2.29. The number of amides is 1. The Bertz CT molecular complexity index is 799. The molecular formula is C19H17NO4. The number of carbonyl (C=O) groups excluding carboxylic acids is 3. The highest BCUT2D eigenvalue weighted by atomic mass is 16.5. The summed E-state index contributed by atoms with van der Waals surface area (Å²) < 4.78 is 5.33. The Labute approximate surface area is 139 Å². The van der Waals surface area contributed by atoms with Crippen molar-refractivity contribution in [2.45, 2.75) is 13.3 Å². The number of ether oxygens (including phenoxy) is 1. The lowest BCUT2D eigenvalue weighted by Gasteiger charge is -2.18. The van der Waals surface area contributed by atoms with Crippen molar-refractivity contribution >= 4 is 23.9 Å². The maximum atomic E-state index is 12.4. The first-order valence-electron chi connectivity index (χ1n) is 7.72. The average Bonchev–Trinajstić information content (AvgIpc) is 2.97. The molecule has 1 aliphatic rings. The van der Waals surface area contributed by atoms with E-state index in [9.17, 15) is 14.4 Å². The smallest absolute Gasteiger partial charge is 0.316 e. The summed E-state index contributed by atoms with van der Waals surface area (Å²) in [5, 5.41) is 0. The van der Waals surface area contributed by atoms with Crippen LogP contribution in [0.3, 0.4) is 0 Å². The Hall–Kier alpha value is -2.95. The number of para-hydroxylation sites is 2. The Morgan fingerprint density at radius 3 is 2.62 bits per heavy atom. The number of nitrogens with zero attached hydrogens (tertiary/aromatic N) is 1. The van der Waals surface area contributed by atoms with Gasteiger partial charge in [0.2, 0.25) is 5.91 Å². The van der Waals surface area contributed by atoms with Crippen molar-refractivity contribution in [1.82, 2.24) is 0 Å². The SMILES string of the molecule is Cc1ccccc1N1C[C@@H](C(=O)Oc2ccccc2C=O)CC1=O. The Morgan fingerprint density at radius 1 is 1.17 bits per heavy atom. The maximum absolute atomic E-state index is 12.4. The lowest BCUT2D eigenvalue weighted by atomic mass is 10.1. The number of aryl methyl sites for hydroxylation is 1. The number of benzene rings is 2. The van der Waals surface area contributed by atoms with Gasteiger partial charge in [-0.05, 0) is 30.7 Å². The minimum atomic E-state index is -0.545. The maximum Gasteiger partial charge on any atom is 0.316 e. The number of carbonyl (C=O) groups is 3. The molecule has 0 radical (unpaired) electrons. The molecule has 0 saturated carbocycles. The van der Waals surface area contributed by atoms with Crippen LogP contribution in [0.5, 0.6) is 5.75 Å². The van der Waals surface area contributed by atoms with Crippen molar-refractivity contribution in [3.8, 4) is 5.75 Å². The van der Waals surface area contributed by atoms with Crippen molar-refractivity contribution in [2.75, 3.05) is 11.4 Å². The first kappa shape index (κ1) is 15.9. The van der Waals surface area contributed by atoms with Gasteiger partial charge in [0.05, 0.1) is 11.5 Å². The average molecular weight is 323 g/mol. The molecule has 1 heterocycles. The van der Waals surface area contributed by atoms with E-state index < -0.39 is 11.9 Å². The second-order valence-electron chi connectivity index (χ2n) is 5.77. The second kappa shape index (κ2) is 6.66. The summed E-state index contributed by atoms with van der Waals surface area (Å²) in [6.45, 7) is 2.21. The molecule has 5 nitrogen and oxygen atoms in total. The molecule has 2 aromatic carbocycles. The van der Waals surface area contributed by atoms with E-state index in [-0.39, 0.29) is 24.6 Å². The fraction of sp³-hybridized carbons (Fsp3) is 0.211. The molecule has 0 aromatic heterocycles. The molecule has 1 amide bonds. The molecule has 1 saturated heterocycles. The summed E-state index contributed by atoms with van der Waals surface area (Å²) in [4.78, 5) is 37.3. The third-order valence-electron chi connectivity index (χ3n) is 4.12. The van der Waals surface area contributed by atoms with Crippen LogP contribution in [0, 0.1) is 12.8 Å². The van der Waals surface area contributed by atoms with Crippen LogP contribution in [0.2, 0.25) is 0 Å². The van der Waals surface area contributed by atoms with Gasteiger partial charge in [-0.3, -0.25) is 14.4 Å². The normalized spacial score (nSPS) is 17.0. The summed E-state index contributed by atoms with van der Waals surface area (Å²) in [6, 6.07) is 14.1. The molecule has 24 heavy (non-hydrogen) atoms. The van der Waals surface area contributed by atoms with E-state index in [1.165, 1.54) is 0 Å². The monoisotopic (exact) mass is 323 g/mol. The highest BCUT2D eigenvalue weighted by Gasteiger charge is 2.37. The Kier molecular flexibility index (Phi) is 4.42. The number of esters is 1. The topological polar surface area (TPSA) is 63.7 Å². The van der Waals surface area contributed by atoms with Gasteiger partial charge in [-0.1, -0.05) is 30.3 Å². The molecule has 0 bridgehead atoms. The molecule has 0 spiro atoms. The van der Waals surface area contributed by atoms with E-state index in [2.05, 4.69) is 0 Å². The second-order valence-corrected chi connectivity index (χ2v) is 5.77. The van der Waals surface area contributed by atoms with Crippen molar-refractivity contribution in [1.29, 1.82) is 0 Å². The molecule has 0 N–H and O–H groups in total. The molecule has 1 atom stereocenters. The fourth-order valence-corrected chi connectivity index (χ4v) is 2.83. The summed E-state index contributed by atoms with van der Waals surface area (Å²) in [7, 11) is 0. The van der Waals surface area contributed by atoms with Gasteiger partial charge in [0.25, 0.3) is 0 Å².